The molecule has 27 heavy (non-hydrogen) atoms. The Morgan fingerprint density at radius 2 is 1.67 bits per heavy atom. The predicted octanol–water partition coefficient (Wildman–Crippen LogP) is 4.96. The molecular formula is C20H20N4O2S. The highest BCUT2D eigenvalue weighted by atomic mass is 32.1. The average molecular weight is 380 g/mol. The summed E-state index contributed by atoms with van der Waals surface area (Å²) in [5, 5.41) is 10.2. The van der Waals surface area contributed by atoms with Crippen molar-refractivity contribution in [3.8, 4) is 0 Å². The van der Waals surface area contributed by atoms with Gasteiger partial charge in [-0.15, -0.1) is 11.3 Å². The zero-order valence-electron chi connectivity index (χ0n) is 15.3. The van der Waals surface area contributed by atoms with E-state index in [1.807, 2.05) is 57.2 Å². The molecule has 3 rings (SSSR count). The van der Waals surface area contributed by atoms with Gasteiger partial charge in [0.15, 0.2) is 5.13 Å². The third-order valence-electron chi connectivity index (χ3n) is 4.00. The molecule has 1 aromatic heterocycles. The van der Waals surface area contributed by atoms with Crippen molar-refractivity contribution in [2.75, 3.05) is 16.0 Å². The minimum atomic E-state index is -0.406. The minimum absolute atomic E-state index is 0.254. The number of anilines is 3. The van der Waals surface area contributed by atoms with Gasteiger partial charge in [0.25, 0.3) is 5.91 Å². The van der Waals surface area contributed by atoms with E-state index in [-0.39, 0.29) is 11.6 Å². The molecule has 3 amide bonds. The van der Waals surface area contributed by atoms with E-state index in [0.717, 1.165) is 16.7 Å². The third kappa shape index (κ3) is 4.92. The SMILES string of the molecule is Cc1cccc(NC(=O)Nc2nc(C(=O)Nc3ccc(C)c(C)c3)cs2)c1. The Bertz CT molecular complexity index is 997. The maximum atomic E-state index is 12.3. The molecule has 0 saturated heterocycles. The van der Waals surface area contributed by atoms with Crippen molar-refractivity contribution in [3.05, 3.63) is 70.2 Å². The highest BCUT2D eigenvalue weighted by Gasteiger charge is 2.13. The van der Waals surface area contributed by atoms with Gasteiger partial charge >= 0.3 is 6.03 Å². The number of thiazole rings is 1. The number of carbonyl (C=O) groups excluding carboxylic acids is 2. The molecule has 0 aliphatic carbocycles. The van der Waals surface area contributed by atoms with Crippen molar-refractivity contribution in [1.82, 2.24) is 4.98 Å². The third-order valence-corrected chi connectivity index (χ3v) is 4.76. The Kier molecular flexibility index (Phi) is 5.52. The molecule has 0 aliphatic rings. The molecule has 3 aromatic rings. The van der Waals surface area contributed by atoms with Crippen LogP contribution in [0.15, 0.2) is 47.8 Å². The van der Waals surface area contributed by atoms with E-state index in [0.29, 0.717) is 16.5 Å². The van der Waals surface area contributed by atoms with Crippen molar-refractivity contribution in [1.29, 1.82) is 0 Å². The van der Waals surface area contributed by atoms with Crippen LogP contribution in [0.5, 0.6) is 0 Å². The molecule has 138 valence electrons. The molecule has 1 heterocycles. The summed E-state index contributed by atoms with van der Waals surface area (Å²) in [4.78, 5) is 28.6. The minimum Gasteiger partial charge on any atom is -0.321 e. The monoisotopic (exact) mass is 380 g/mol. The molecule has 0 fully saturated rings. The van der Waals surface area contributed by atoms with Crippen LogP contribution in [0.1, 0.15) is 27.2 Å². The van der Waals surface area contributed by atoms with Crippen LogP contribution < -0.4 is 16.0 Å². The highest BCUT2D eigenvalue weighted by molar-refractivity contribution is 7.14. The molecule has 6 nitrogen and oxygen atoms in total. The lowest BCUT2D eigenvalue weighted by Gasteiger charge is -2.06. The second-order valence-corrected chi connectivity index (χ2v) is 7.10. The summed E-state index contributed by atoms with van der Waals surface area (Å²) < 4.78 is 0. The number of aryl methyl sites for hydroxylation is 3. The number of urea groups is 1. The van der Waals surface area contributed by atoms with Crippen LogP contribution in [-0.2, 0) is 0 Å². The zero-order valence-corrected chi connectivity index (χ0v) is 16.1. The summed E-state index contributed by atoms with van der Waals surface area (Å²) >= 11 is 1.19. The first-order valence-corrected chi connectivity index (χ1v) is 9.27. The first-order chi connectivity index (χ1) is 12.9. The Morgan fingerprint density at radius 1 is 0.889 bits per heavy atom. The van der Waals surface area contributed by atoms with Crippen molar-refractivity contribution < 1.29 is 9.59 Å². The van der Waals surface area contributed by atoms with E-state index in [9.17, 15) is 9.59 Å². The number of amides is 3. The van der Waals surface area contributed by atoms with Gasteiger partial charge in [0.1, 0.15) is 5.69 Å². The number of benzene rings is 2. The molecule has 0 spiro atoms. The molecule has 7 heteroatoms. The predicted molar refractivity (Wildman–Crippen MR) is 110 cm³/mol. The van der Waals surface area contributed by atoms with Gasteiger partial charge in [-0.3, -0.25) is 10.1 Å². The fraction of sp³-hybridized carbons (Fsp3) is 0.150. The Balaban J connectivity index is 1.61. The molecular weight excluding hydrogens is 360 g/mol. The summed E-state index contributed by atoms with van der Waals surface area (Å²) in [6, 6.07) is 12.8. The number of hydrogen-bond acceptors (Lipinski definition) is 4. The normalized spacial score (nSPS) is 10.3. The molecule has 2 aromatic carbocycles. The van der Waals surface area contributed by atoms with Crippen LogP contribution in [0.2, 0.25) is 0 Å². The first-order valence-electron chi connectivity index (χ1n) is 8.39. The number of nitrogens with one attached hydrogen (secondary N) is 3. The van der Waals surface area contributed by atoms with Crippen molar-refractivity contribution >= 4 is 39.8 Å². The summed E-state index contributed by atoms with van der Waals surface area (Å²) in [5.74, 6) is -0.318. The quantitative estimate of drug-likeness (QED) is 0.598. The number of hydrogen-bond donors (Lipinski definition) is 3. The molecule has 0 radical (unpaired) electrons. The summed E-state index contributed by atoms with van der Waals surface area (Å²) in [6.45, 7) is 5.95. The van der Waals surface area contributed by atoms with Gasteiger partial charge in [-0.25, -0.2) is 9.78 Å². The van der Waals surface area contributed by atoms with Crippen molar-refractivity contribution in [2.24, 2.45) is 0 Å². The van der Waals surface area contributed by atoms with Crippen molar-refractivity contribution in [3.63, 3.8) is 0 Å². The van der Waals surface area contributed by atoms with Gasteiger partial charge in [-0.05, 0) is 61.7 Å². The van der Waals surface area contributed by atoms with Gasteiger partial charge in [-0.2, -0.15) is 0 Å². The van der Waals surface area contributed by atoms with Crippen LogP contribution in [0.4, 0.5) is 21.3 Å². The van der Waals surface area contributed by atoms with Gasteiger partial charge < -0.3 is 10.6 Å². The second-order valence-electron chi connectivity index (χ2n) is 6.24. The van der Waals surface area contributed by atoms with Gasteiger partial charge in [0.05, 0.1) is 0 Å². The van der Waals surface area contributed by atoms with Gasteiger partial charge in [0, 0.05) is 16.8 Å². The molecule has 0 bridgehead atoms. The summed E-state index contributed by atoms with van der Waals surface area (Å²) in [5.41, 5.74) is 4.96. The van der Waals surface area contributed by atoms with E-state index < -0.39 is 6.03 Å². The Labute approximate surface area is 161 Å². The van der Waals surface area contributed by atoms with E-state index in [1.165, 1.54) is 11.3 Å². The van der Waals surface area contributed by atoms with E-state index in [2.05, 4.69) is 20.9 Å². The summed E-state index contributed by atoms with van der Waals surface area (Å²) in [6.07, 6.45) is 0. The molecule has 3 N–H and O–H groups in total. The van der Waals surface area contributed by atoms with Crippen LogP contribution in [0.3, 0.4) is 0 Å². The van der Waals surface area contributed by atoms with Gasteiger partial charge in [0.2, 0.25) is 0 Å². The van der Waals surface area contributed by atoms with Crippen LogP contribution >= 0.6 is 11.3 Å². The second kappa shape index (κ2) is 8.01. The largest absolute Gasteiger partial charge is 0.325 e. The van der Waals surface area contributed by atoms with Gasteiger partial charge in [-0.1, -0.05) is 18.2 Å². The topological polar surface area (TPSA) is 83.1 Å². The zero-order chi connectivity index (χ0) is 19.4. The Morgan fingerprint density at radius 3 is 2.41 bits per heavy atom. The molecule has 0 unspecified atom stereocenters. The maximum absolute atomic E-state index is 12.3. The summed E-state index contributed by atoms with van der Waals surface area (Å²) in [7, 11) is 0. The molecule has 0 atom stereocenters. The van der Waals surface area contributed by atoms with Crippen LogP contribution in [0, 0.1) is 20.8 Å². The van der Waals surface area contributed by atoms with Crippen LogP contribution in [-0.4, -0.2) is 16.9 Å². The lowest BCUT2D eigenvalue weighted by molar-refractivity contribution is 0.102. The fourth-order valence-electron chi connectivity index (χ4n) is 2.43. The molecule has 0 saturated carbocycles. The fourth-order valence-corrected chi connectivity index (χ4v) is 3.12. The smallest absolute Gasteiger partial charge is 0.321 e. The standard InChI is InChI=1S/C20H20N4O2S/c1-12-5-4-6-15(9-12)22-19(26)24-20-23-17(11-27-20)18(25)21-16-8-7-13(2)14(3)10-16/h4-11H,1-3H3,(H,21,25)(H2,22,23,24,26). The average Bonchev–Trinajstić information content (AvgIpc) is 3.06. The Hall–Kier alpha value is -3.19. The number of carbonyl (C=O) groups is 2. The molecule has 0 aliphatic heterocycles. The highest BCUT2D eigenvalue weighted by Crippen LogP contribution is 2.19. The van der Waals surface area contributed by atoms with Crippen LogP contribution in [0.25, 0.3) is 0 Å². The maximum Gasteiger partial charge on any atom is 0.325 e. The van der Waals surface area contributed by atoms with E-state index in [4.69, 9.17) is 0 Å². The van der Waals surface area contributed by atoms with E-state index in [1.54, 1.807) is 11.4 Å². The first kappa shape index (κ1) is 18.6. The lowest BCUT2D eigenvalue weighted by Crippen LogP contribution is -2.19. The lowest BCUT2D eigenvalue weighted by atomic mass is 10.1. The van der Waals surface area contributed by atoms with E-state index >= 15 is 0 Å². The number of aromatic nitrogens is 1. The van der Waals surface area contributed by atoms with Crippen molar-refractivity contribution in [2.45, 2.75) is 20.8 Å². The number of nitrogens with zero attached hydrogens (tertiary/aromatic N) is 1. The number of rotatable bonds is 4.